The second kappa shape index (κ2) is 10.2. The summed E-state index contributed by atoms with van der Waals surface area (Å²) in [7, 11) is -2.07. The molecule has 0 bridgehead atoms. The average molecular weight is 489 g/mol. The lowest BCUT2D eigenvalue weighted by molar-refractivity contribution is -0.140. The highest BCUT2D eigenvalue weighted by atomic mass is 32.2. The Kier molecular flexibility index (Phi) is 7.35. The molecule has 1 saturated carbocycles. The topological polar surface area (TPSA) is 116 Å². The van der Waals surface area contributed by atoms with Crippen molar-refractivity contribution in [3.8, 4) is 0 Å². The predicted octanol–water partition coefficient (Wildman–Crippen LogP) is 2.78. The van der Waals surface area contributed by atoms with Gasteiger partial charge < -0.3 is 10.2 Å². The van der Waals surface area contributed by atoms with Gasteiger partial charge in [-0.3, -0.25) is 19.3 Å². The van der Waals surface area contributed by atoms with Crippen LogP contribution >= 0.6 is 0 Å². The number of likely N-dealkylation sites (tertiary alicyclic amines) is 2. The van der Waals surface area contributed by atoms with E-state index >= 15 is 0 Å². The Morgan fingerprint density at radius 2 is 1.76 bits per heavy atom. The van der Waals surface area contributed by atoms with Crippen molar-refractivity contribution in [3.63, 3.8) is 0 Å². The monoisotopic (exact) mass is 488 g/mol. The van der Waals surface area contributed by atoms with Crippen LogP contribution in [0.15, 0.2) is 33.6 Å². The van der Waals surface area contributed by atoms with Crippen molar-refractivity contribution in [2.75, 3.05) is 25.5 Å². The lowest BCUT2D eigenvalue weighted by atomic mass is 9.81. The number of hydrogen-bond acceptors (Lipinski definition) is 5. The van der Waals surface area contributed by atoms with Crippen molar-refractivity contribution < 1.29 is 22.8 Å². The summed E-state index contributed by atoms with van der Waals surface area (Å²) in [5.74, 6) is -0.649. The number of sulfonamides is 1. The number of nitrogens with zero attached hydrogens (tertiary/aromatic N) is 3. The Labute approximate surface area is 200 Å². The zero-order valence-corrected chi connectivity index (χ0v) is 20.3. The van der Waals surface area contributed by atoms with Crippen LogP contribution in [0.1, 0.15) is 57.8 Å². The molecule has 2 unspecified atom stereocenters. The Morgan fingerprint density at radius 1 is 1.06 bits per heavy atom. The maximum Gasteiger partial charge on any atom is 0.284 e. The number of benzene rings is 1. The van der Waals surface area contributed by atoms with E-state index in [-0.39, 0.29) is 47.4 Å². The van der Waals surface area contributed by atoms with Crippen LogP contribution in [-0.2, 0) is 24.4 Å². The minimum atomic E-state index is -3.92. The fourth-order valence-corrected chi connectivity index (χ4v) is 6.20. The standard InChI is InChI=1S/C24H32N4O5S/c1-27-14-6-2-3-12-21(27)26-34(32,33)18-9-7-8-17(16-18)25-22(29)13-15-28-23(30)19-10-4-5-11-20(19)24(28)31/h7-9,16,19-20H,2-6,10-15H2,1H3,(H,25,29). The van der Waals surface area contributed by atoms with E-state index in [1.807, 2.05) is 11.9 Å². The Morgan fingerprint density at radius 3 is 2.47 bits per heavy atom. The maximum atomic E-state index is 12.9. The van der Waals surface area contributed by atoms with Crippen molar-refractivity contribution in [1.82, 2.24) is 9.80 Å². The number of carbonyl (C=O) groups is 3. The molecule has 2 atom stereocenters. The van der Waals surface area contributed by atoms with E-state index in [1.54, 1.807) is 12.1 Å². The first-order chi connectivity index (χ1) is 16.3. The number of anilines is 1. The fourth-order valence-electron chi connectivity index (χ4n) is 5.06. The average Bonchev–Trinajstić information content (AvgIpc) is 2.92. The molecule has 2 saturated heterocycles. The summed E-state index contributed by atoms with van der Waals surface area (Å²) in [6.45, 7) is 0.808. The summed E-state index contributed by atoms with van der Waals surface area (Å²) in [5.41, 5.74) is 0.327. The first-order valence-electron chi connectivity index (χ1n) is 12.1. The molecule has 34 heavy (non-hydrogen) atoms. The predicted molar refractivity (Wildman–Crippen MR) is 128 cm³/mol. The number of rotatable bonds is 6. The molecule has 0 radical (unpaired) electrons. The molecule has 3 fully saturated rings. The quantitative estimate of drug-likeness (QED) is 0.616. The number of imide groups is 1. The molecule has 3 amide bonds. The zero-order valence-electron chi connectivity index (χ0n) is 19.5. The lowest BCUT2D eigenvalue weighted by Gasteiger charge is -2.19. The normalized spacial score (nSPS) is 24.8. The fraction of sp³-hybridized carbons (Fsp3) is 0.583. The Balaban J connectivity index is 1.39. The van der Waals surface area contributed by atoms with Crippen molar-refractivity contribution >= 4 is 39.3 Å². The molecule has 2 heterocycles. The highest BCUT2D eigenvalue weighted by Gasteiger charge is 2.47. The molecule has 2 aliphatic heterocycles. The minimum Gasteiger partial charge on any atom is -0.362 e. The molecular weight excluding hydrogens is 456 g/mol. The SMILES string of the molecule is CN1CCCCCC1=NS(=O)(=O)c1cccc(NC(=O)CCN2C(=O)C3CCCCC3C2=O)c1. The highest BCUT2D eigenvalue weighted by Crippen LogP contribution is 2.38. The molecular formula is C24H32N4O5S. The third-order valence-electron chi connectivity index (χ3n) is 6.97. The van der Waals surface area contributed by atoms with Gasteiger partial charge in [0.25, 0.3) is 10.0 Å². The molecule has 1 aliphatic carbocycles. The second-order valence-electron chi connectivity index (χ2n) is 9.37. The van der Waals surface area contributed by atoms with Gasteiger partial charge in [0.1, 0.15) is 5.84 Å². The third kappa shape index (κ3) is 5.32. The van der Waals surface area contributed by atoms with Gasteiger partial charge in [-0.1, -0.05) is 25.3 Å². The van der Waals surface area contributed by atoms with Gasteiger partial charge in [0.05, 0.1) is 16.7 Å². The lowest BCUT2D eigenvalue weighted by Crippen LogP contribution is -2.34. The highest BCUT2D eigenvalue weighted by molar-refractivity contribution is 7.90. The number of amidine groups is 1. The molecule has 1 aromatic carbocycles. The smallest absolute Gasteiger partial charge is 0.284 e. The molecule has 1 N–H and O–H groups in total. The van der Waals surface area contributed by atoms with E-state index in [0.29, 0.717) is 17.9 Å². The van der Waals surface area contributed by atoms with Gasteiger partial charge >= 0.3 is 0 Å². The number of carbonyl (C=O) groups excluding carboxylic acids is 3. The van der Waals surface area contributed by atoms with Crippen molar-refractivity contribution in [2.45, 2.75) is 62.7 Å². The summed E-state index contributed by atoms with van der Waals surface area (Å²) in [5, 5.41) is 2.68. The van der Waals surface area contributed by atoms with Crippen LogP contribution in [0, 0.1) is 11.8 Å². The van der Waals surface area contributed by atoms with Crippen LogP contribution in [0.2, 0.25) is 0 Å². The van der Waals surface area contributed by atoms with Crippen molar-refractivity contribution in [2.24, 2.45) is 16.2 Å². The number of nitrogens with one attached hydrogen (secondary N) is 1. The third-order valence-corrected chi connectivity index (χ3v) is 8.27. The summed E-state index contributed by atoms with van der Waals surface area (Å²) in [6, 6.07) is 5.99. The molecule has 184 valence electrons. The van der Waals surface area contributed by atoms with Gasteiger partial charge in [-0.05, 0) is 43.9 Å². The largest absolute Gasteiger partial charge is 0.362 e. The van der Waals surface area contributed by atoms with E-state index < -0.39 is 10.0 Å². The van der Waals surface area contributed by atoms with E-state index in [0.717, 1.165) is 51.5 Å². The van der Waals surface area contributed by atoms with E-state index in [1.165, 1.54) is 17.0 Å². The van der Waals surface area contributed by atoms with Gasteiger partial charge in [0.2, 0.25) is 17.7 Å². The number of amides is 3. The Hall–Kier alpha value is -2.75. The zero-order chi connectivity index (χ0) is 24.3. The van der Waals surface area contributed by atoms with E-state index in [9.17, 15) is 22.8 Å². The van der Waals surface area contributed by atoms with Gasteiger partial charge in [0.15, 0.2) is 0 Å². The van der Waals surface area contributed by atoms with Crippen LogP contribution in [0.5, 0.6) is 0 Å². The first kappa shape index (κ1) is 24.4. The van der Waals surface area contributed by atoms with Crippen molar-refractivity contribution in [3.05, 3.63) is 24.3 Å². The van der Waals surface area contributed by atoms with Gasteiger partial charge in [-0.25, -0.2) is 0 Å². The van der Waals surface area contributed by atoms with Crippen LogP contribution in [0.4, 0.5) is 5.69 Å². The summed E-state index contributed by atoms with van der Waals surface area (Å²) >= 11 is 0. The molecule has 1 aromatic rings. The van der Waals surface area contributed by atoms with Crippen LogP contribution in [0.25, 0.3) is 0 Å². The molecule has 0 aromatic heterocycles. The molecule has 10 heteroatoms. The first-order valence-corrected chi connectivity index (χ1v) is 13.5. The van der Waals surface area contributed by atoms with Crippen LogP contribution in [0.3, 0.4) is 0 Å². The Bertz CT molecular complexity index is 1080. The molecule has 4 rings (SSSR count). The molecule has 0 spiro atoms. The number of hydrogen-bond donors (Lipinski definition) is 1. The van der Waals surface area contributed by atoms with Crippen LogP contribution in [-0.4, -0.2) is 61.9 Å². The number of fused-ring (bicyclic) bond motifs is 1. The van der Waals surface area contributed by atoms with Gasteiger partial charge in [-0.2, -0.15) is 8.42 Å². The maximum absolute atomic E-state index is 12.9. The second-order valence-corrected chi connectivity index (χ2v) is 11.0. The summed E-state index contributed by atoms with van der Waals surface area (Å²) in [4.78, 5) is 40.8. The van der Waals surface area contributed by atoms with E-state index in [2.05, 4.69) is 9.71 Å². The van der Waals surface area contributed by atoms with Crippen LogP contribution < -0.4 is 5.32 Å². The van der Waals surface area contributed by atoms with Gasteiger partial charge in [-0.15, -0.1) is 4.40 Å². The minimum absolute atomic E-state index is 0.00409. The van der Waals surface area contributed by atoms with E-state index in [4.69, 9.17) is 0 Å². The summed E-state index contributed by atoms with van der Waals surface area (Å²) in [6.07, 6.45) is 6.90. The molecule has 3 aliphatic rings. The molecule has 9 nitrogen and oxygen atoms in total. The van der Waals surface area contributed by atoms with Gasteiger partial charge in [0, 0.05) is 38.7 Å². The van der Waals surface area contributed by atoms with Crippen molar-refractivity contribution in [1.29, 1.82) is 0 Å². The summed E-state index contributed by atoms with van der Waals surface area (Å²) < 4.78 is 29.8.